The zero-order chi connectivity index (χ0) is 9.76. The topological polar surface area (TPSA) is 39.7 Å². The van der Waals surface area contributed by atoms with E-state index in [-0.39, 0.29) is 17.0 Å². The van der Waals surface area contributed by atoms with E-state index in [0.717, 1.165) is 22.9 Å². The number of hydrogen-bond donors (Lipinski definition) is 2. The molecule has 4 heteroatoms. The van der Waals surface area contributed by atoms with Crippen LogP contribution in [0.4, 0.5) is 0 Å². The third-order valence-electron chi connectivity index (χ3n) is 4.44. The summed E-state index contributed by atoms with van der Waals surface area (Å²) < 4.78 is 0. The normalized spacial score (nSPS) is 46.1. The maximum Gasteiger partial charge on any atom is 0.265 e. The molecular weight excluding hydrogens is 272 g/mol. The Morgan fingerprint density at radius 3 is 1.80 bits per heavy atom. The Kier molecular flexibility index (Phi) is 3.12. The van der Waals surface area contributed by atoms with Crippen LogP contribution >= 0.6 is 12.2 Å². The van der Waals surface area contributed by atoms with E-state index in [1.807, 2.05) is 0 Å². The Balaban J connectivity index is 0.000000853. The van der Waals surface area contributed by atoms with E-state index in [1.54, 1.807) is 0 Å². The average Bonchev–Trinajstić information content (AvgIpc) is 1.96. The highest BCUT2D eigenvalue weighted by Crippen LogP contribution is 2.55. The molecule has 0 heterocycles. The summed E-state index contributed by atoms with van der Waals surface area (Å²) in [7, 11) is 0. The van der Waals surface area contributed by atoms with Gasteiger partial charge in [0.1, 0.15) is 0 Å². The molecule has 0 radical (unpaired) electrons. The summed E-state index contributed by atoms with van der Waals surface area (Å²) >= 11 is 5.11. The number of quaternary nitrogens is 1. The number of hydrogen-bond acceptors (Lipinski definition) is 1. The molecule has 4 aliphatic carbocycles. The Hall–Kier alpha value is 0.330. The molecule has 0 saturated heterocycles. The maximum absolute atomic E-state index is 5.11. The first-order valence-electron chi connectivity index (χ1n) is 5.79. The lowest BCUT2D eigenvalue weighted by molar-refractivity contribution is -0.219. The monoisotopic (exact) mass is 290 g/mol. The van der Waals surface area contributed by atoms with Crippen LogP contribution in [0.2, 0.25) is 0 Å². The third kappa shape index (κ3) is 2.08. The SMILES string of the molecule is [Br-].[NH3+]C(=S)NC12CC3CC(CC(C3)C1)C2. The van der Waals surface area contributed by atoms with Crippen molar-refractivity contribution in [2.45, 2.75) is 44.1 Å². The van der Waals surface area contributed by atoms with Gasteiger partial charge in [0.25, 0.3) is 5.11 Å². The zero-order valence-corrected chi connectivity index (χ0v) is 11.4. The van der Waals surface area contributed by atoms with E-state index in [4.69, 9.17) is 12.2 Å². The van der Waals surface area contributed by atoms with Crippen molar-refractivity contribution in [3.8, 4) is 0 Å². The molecule has 0 aromatic heterocycles. The van der Waals surface area contributed by atoms with Gasteiger partial charge < -0.3 is 28.0 Å². The summed E-state index contributed by atoms with van der Waals surface area (Å²) in [6, 6.07) is 0. The van der Waals surface area contributed by atoms with E-state index in [2.05, 4.69) is 11.1 Å². The van der Waals surface area contributed by atoms with E-state index in [0.29, 0.717) is 5.54 Å². The smallest absolute Gasteiger partial charge is 0.265 e. The van der Waals surface area contributed by atoms with Crippen molar-refractivity contribution in [3.63, 3.8) is 0 Å². The fourth-order valence-corrected chi connectivity index (χ4v) is 4.78. The van der Waals surface area contributed by atoms with Crippen molar-refractivity contribution in [1.29, 1.82) is 0 Å². The summed E-state index contributed by atoms with van der Waals surface area (Å²) in [5.74, 6) is 2.97. The molecule has 0 aromatic carbocycles. The first-order valence-corrected chi connectivity index (χ1v) is 6.20. The van der Waals surface area contributed by atoms with Gasteiger partial charge in [0.2, 0.25) is 0 Å². The van der Waals surface area contributed by atoms with Crippen molar-refractivity contribution in [2.75, 3.05) is 0 Å². The second-order valence-corrected chi connectivity index (χ2v) is 6.24. The van der Waals surface area contributed by atoms with Gasteiger partial charge >= 0.3 is 0 Å². The van der Waals surface area contributed by atoms with Gasteiger partial charge in [-0.3, -0.25) is 0 Å². The summed E-state index contributed by atoms with van der Waals surface area (Å²) in [4.78, 5) is 0. The maximum atomic E-state index is 5.11. The van der Waals surface area contributed by atoms with Gasteiger partial charge in [0.15, 0.2) is 0 Å². The molecule has 0 aliphatic heterocycles. The molecule has 2 nitrogen and oxygen atoms in total. The van der Waals surface area contributed by atoms with Gasteiger partial charge in [-0.25, -0.2) is 0 Å². The fourth-order valence-electron chi connectivity index (χ4n) is 4.56. The van der Waals surface area contributed by atoms with Crippen LogP contribution in [0.15, 0.2) is 0 Å². The van der Waals surface area contributed by atoms with E-state index in [1.165, 1.54) is 38.5 Å². The summed E-state index contributed by atoms with van der Waals surface area (Å²) in [5.41, 5.74) is 4.20. The predicted molar refractivity (Wildman–Crippen MR) is 59.5 cm³/mol. The van der Waals surface area contributed by atoms with Gasteiger partial charge in [-0.05, 0) is 56.3 Å². The standard InChI is InChI=1S/C11H18N2S.BrH/c12-10(14)13-11-4-7-1-8(5-11)3-9(2-7)6-11;/h7-9H,1-6H2,(H3,12,13,14);1H. The van der Waals surface area contributed by atoms with E-state index >= 15 is 0 Å². The summed E-state index contributed by atoms with van der Waals surface area (Å²) in [6.07, 6.45) is 8.54. The largest absolute Gasteiger partial charge is 1.00 e. The Morgan fingerprint density at radius 2 is 1.47 bits per heavy atom. The molecule has 15 heavy (non-hydrogen) atoms. The number of rotatable bonds is 1. The Labute approximate surface area is 107 Å². The number of halogens is 1. The van der Waals surface area contributed by atoms with Crippen molar-refractivity contribution >= 4 is 17.3 Å². The van der Waals surface area contributed by atoms with Crippen LogP contribution in [0.3, 0.4) is 0 Å². The molecule has 0 amide bonds. The van der Waals surface area contributed by atoms with Crippen LogP contribution in [0.1, 0.15) is 38.5 Å². The lowest BCUT2D eigenvalue weighted by Crippen LogP contribution is -3.00. The molecule has 86 valence electrons. The molecule has 0 aromatic rings. The molecule has 0 unspecified atom stereocenters. The first-order chi connectivity index (χ1) is 6.65. The van der Waals surface area contributed by atoms with Gasteiger partial charge in [-0.15, -0.1) is 0 Å². The minimum Gasteiger partial charge on any atom is -1.00 e. The predicted octanol–water partition coefficient (Wildman–Crippen LogP) is -1.92. The fraction of sp³-hybridized carbons (Fsp3) is 0.909. The van der Waals surface area contributed by atoms with Crippen LogP contribution in [0, 0.1) is 17.8 Å². The van der Waals surface area contributed by atoms with Gasteiger partial charge in [0.05, 0.1) is 0 Å². The molecule has 4 N–H and O–H groups in total. The molecular formula is C11H19BrN2S. The lowest BCUT2D eigenvalue weighted by Gasteiger charge is -2.56. The van der Waals surface area contributed by atoms with Crippen molar-refractivity contribution in [2.24, 2.45) is 17.8 Å². The van der Waals surface area contributed by atoms with Crippen LogP contribution in [-0.4, -0.2) is 10.7 Å². The summed E-state index contributed by atoms with van der Waals surface area (Å²) in [5, 5.41) is 4.26. The van der Waals surface area contributed by atoms with Gasteiger partial charge in [0, 0.05) is 17.8 Å². The molecule has 4 aliphatic rings. The van der Waals surface area contributed by atoms with Crippen LogP contribution < -0.4 is 28.0 Å². The summed E-state index contributed by atoms with van der Waals surface area (Å²) in [6.45, 7) is 0. The Morgan fingerprint density at radius 1 is 1.07 bits per heavy atom. The van der Waals surface area contributed by atoms with Crippen molar-refractivity contribution in [1.82, 2.24) is 5.32 Å². The molecule has 4 rings (SSSR count). The highest BCUT2D eigenvalue weighted by molar-refractivity contribution is 7.79. The average molecular weight is 291 g/mol. The van der Waals surface area contributed by atoms with Crippen molar-refractivity contribution < 1.29 is 22.7 Å². The second kappa shape index (κ2) is 3.97. The molecule has 4 saturated carbocycles. The van der Waals surface area contributed by atoms with Crippen LogP contribution in [0.25, 0.3) is 0 Å². The van der Waals surface area contributed by atoms with Crippen molar-refractivity contribution in [3.05, 3.63) is 0 Å². The lowest BCUT2D eigenvalue weighted by atomic mass is 9.53. The molecule has 4 fully saturated rings. The van der Waals surface area contributed by atoms with Gasteiger partial charge in [-0.1, -0.05) is 0 Å². The first kappa shape index (κ1) is 11.8. The number of thiocarbonyl (C=S) groups is 1. The van der Waals surface area contributed by atoms with E-state index in [9.17, 15) is 0 Å². The quantitative estimate of drug-likeness (QED) is 0.553. The molecule has 0 spiro atoms. The van der Waals surface area contributed by atoms with Gasteiger partial charge in [-0.2, -0.15) is 0 Å². The second-order valence-electron chi connectivity index (χ2n) is 5.75. The van der Waals surface area contributed by atoms with Crippen LogP contribution in [-0.2, 0) is 0 Å². The minimum absolute atomic E-state index is 0. The van der Waals surface area contributed by atoms with E-state index < -0.39 is 0 Å². The van der Waals surface area contributed by atoms with Crippen LogP contribution in [0.5, 0.6) is 0 Å². The minimum atomic E-state index is 0. The number of nitrogens with one attached hydrogen (secondary N) is 1. The zero-order valence-electron chi connectivity index (χ0n) is 8.97. The third-order valence-corrected chi connectivity index (χ3v) is 4.54. The Bertz CT molecular complexity index is 244. The highest BCUT2D eigenvalue weighted by Gasteiger charge is 2.51. The molecule has 0 atom stereocenters. The highest BCUT2D eigenvalue weighted by atomic mass is 79.9. The molecule has 4 bridgehead atoms.